The molecule has 0 N–H and O–H groups in total. The van der Waals surface area contributed by atoms with Crippen LogP contribution >= 0.6 is 0 Å². The van der Waals surface area contributed by atoms with Crippen molar-refractivity contribution in [1.29, 1.82) is 0 Å². The molecule has 2 saturated heterocycles. The fourth-order valence-corrected chi connectivity index (χ4v) is 5.58. The normalized spacial score (nSPS) is 29.9. The average molecular weight is 362 g/mol. The number of rotatable bonds is 5. The van der Waals surface area contributed by atoms with E-state index in [1.54, 1.807) is 0 Å². The highest BCUT2D eigenvalue weighted by atomic mass is 32.2. The van der Waals surface area contributed by atoms with Crippen LogP contribution in [0.25, 0.3) is 0 Å². The van der Waals surface area contributed by atoms with Crippen LogP contribution in [0.5, 0.6) is 5.75 Å². The van der Waals surface area contributed by atoms with Gasteiger partial charge in [-0.25, -0.2) is 8.42 Å². The van der Waals surface area contributed by atoms with Gasteiger partial charge in [0.2, 0.25) is 0 Å². The summed E-state index contributed by atoms with van der Waals surface area (Å²) < 4.78 is 34.2. The van der Waals surface area contributed by atoms with Crippen molar-refractivity contribution < 1.29 is 13.2 Å². The maximum atomic E-state index is 12.1. The summed E-state index contributed by atoms with van der Waals surface area (Å²) >= 11 is 0. The molecule has 3 aliphatic heterocycles. The molecule has 1 aromatic carbocycles. The summed E-state index contributed by atoms with van der Waals surface area (Å²) in [6.07, 6.45) is 6.38. The molecule has 4 aliphatic rings. The molecule has 0 amide bonds. The summed E-state index contributed by atoms with van der Waals surface area (Å²) in [5.74, 6) is 1.82. The summed E-state index contributed by atoms with van der Waals surface area (Å²) in [6, 6.07) is 8.71. The largest absolute Gasteiger partial charge is 0.494 e. The van der Waals surface area contributed by atoms with Gasteiger partial charge in [0.15, 0.2) is 0 Å². The van der Waals surface area contributed by atoms with Crippen molar-refractivity contribution in [2.24, 2.45) is 4.40 Å². The minimum absolute atomic E-state index is 0.146. The van der Waals surface area contributed by atoms with Crippen LogP contribution in [0, 0.1) is 0 Å². The smallest absolute Gasteiger partial charge is 0.256 e. The lowest BCUT2D eigenvalue weighted by atomic mass is 9.63. The molecule has 1 saturated carbocycles. The number of fused-ring (bicyclic) bond motifs is 2. The molecule has 6 heteroatoms. The molecule has 5 nitrogen and oxygen atoms in total. The fraction of sp³-hybridized carbons (Fsp3) is 0.632. The molecule has 0 unspecified atom stereocenters. The van der Waals surface area contributed by atoms with Crippen molar-refractivity contribution in [3.8, 4) is 5.75 Å². The second kappa shape index (κ2) is 6.31. The molecule has 2 bridgehead atoms. The molecule has 1 aromatic rings. The molecular formula is C19H26N2O3S. The third kappa shape index (κ3) is 2.94. The Labute approximate surface area is 150 Å². The molecule has 3 fully saturated rings. The minimum Gasteiger partial charge on any atom is -0.494 e. The molecule has 3 heterocycles. The van der Waals surface area contributed by atoms with E-state index in [9.17, 15) is 8.42 Å². The molecular weight excluding hydrogens is 336 g/mol. The van der Waals surface area contributed by atoms with E-state index in [2.05, 4.69) is 28.4 Å². The Hall–Kier alpha value is -1.56. The van der Waals surface area contributed by atoms with Gasteiger partial charge in [0.1, 0.15) is 11.6 Å². The number of hydrogen-bond donors (Lipinski definition) is 0. The quantitative estimate of drug-likeness (QED) is 0.755. The van der Waals surface area contributed by atoms with Gasteiger partial charge in [0, 0.05) is 12.6 Å². The fourth-order valence-electron chi connectivity index (χ4n) is 4.52. The number of amidine groups is 1. The maximum Gasteiger partial charge on any atom is 0.256 e. The van der Waals surface area contributed by atoms with Gasteiger partial charge in [-0.15, -0.1) is 4.40 Å². The SMILES string of the molecule is CCCCOc1ccc(C23CCC(CC2)N2CCS(=O)(=O)N=C23)cc1. The van der Waals surface area contributed by atoms with Crippen LogP contribution in [-0.2, 0) is 15.4 Å². The summed E-state index contributed by atoms with van der Waals surface area (Å²) in [4.78, 5) is 2.26. The van der Waals surface area contributed by atoms with Crippen LogP contribution in [0.1, 0.15) is 51.0 Å². The van der Waals surface area contributed by atoms with Crippen molar-refractivity contribution in [3.05, 3.63) is 29.8 Å². The first kappa shape index (κ1) is 16.9. The van der Waals surface area contributed by atoms with Gasteiger partial charge in [0.05, 0.1) is 17.8 Å². The van der Waals surface area contributed by atoms with Gasteiger partial charge in [-0.3, -0.25) is 0 Å². The number of unbranched alkanes of at least 4 members (excludes halogenated alkanes) is 1. The van der Waals surface area contributed by atoms with E-state index >= 15 is 0 Å². The van der Waals surface area contributed by atoms with Crippen LogP contribution in [0.15, 0.2) is 28.7 Å². The highest BCUT2D eigenvalue weighted by molar-refractivity contribution is 7.90. The Balaban J connectivity index is 1.66. The number of ether oxygens (including phenoxy) is 1. The minimum atomic E-state index is -3.32. The summed E-state index contributed by atoms with van der Waals surface area (Å²) in [6.45, 7) is 3.48. The van der Waals surface area contributed by atoms with Gasteiger partial charge >= 0.3 is 0 Å². The van der Waals surface area contributed by atoms with Crippen molar-refractivity contribution in [2.45, 2.75) is 56.9 Å². The Bertz CT molecular complexity index is 762. The van der Waals surface area contributed by atoms with Crippen LogP contribution < -0.4 is 4.74 Å². The van der Waals surface area contributed by atoms with Crippen LogP contribution in [0.2, 0.25) is 0 Å². The van der Waals surface area contributed by atoms with Gasteiger partial charge in [-0.2, -0.15) is 0 Å². The van der Waals surface area contributed by atoms with E-state index in [1.165, 1.54) is 5.56 Å². The van der Waals surface area contributed by atoms with Gasteiger partial charge in [-0.05, 0) is 49.8 Å². The molecule has 25 heavy (non-hydrogen) atoms. The van der Waals surface area contributed by atoms with Crippen molar-refractivity contribution in [1.82, 2.24) is 4.90 Å². The molecule has 0 aromatic heterocycles. The lowest BCUT2D eigenvalue weighted by molar-refractivity contribution is 0.151. The van der Waals surface area contributed by atoms with Crippen molar-refractivity contribution >= 4 is 15.9 Å². The lowest BCUT2D eigenvalue weighted by Gasteiger charge is -2.55. The van der Waals surface area contributed by atoms with Crippen LogP contribution in [-0.4, -0.2) is 44.1 Å². The third-order valence-corrected chi connectivity index (χ3v) is 7.09. The number of sulfonamides is 1. The van der Waals surface area contributed by atoms with Crippen LogP contribution in [0.4, 0.5) is 0 Å². The second-order valence-electron chi connectivity index (χ2n) is 7.43. The number of nitrogens with zero attached hydrogens (tertiary/aromatic N) is 2. The Morgan fingerprint density at radius 1 is 1.24 bits per heavy atom. The van der Waals surface area contributed by atoms with E-state index in [-0.39, 0.29) is 11.2 Å². The lowest BCUT2D eigenvalue weighted by Crippen LogP contribution is -2.62. The van der Waals surface area contributed by atoms with E-state index in [0.717, 1.165) is 56.7 Å². The molecule has 0 radical (unpaired) electrons. The molecule has 1 aliphatic carbocycles. The zero-order valence-corrected chi connectivity index (χ0v) is 15.6. The van der Waals surface area contributed by atoms with Crippen LogP contribution in [0.3, 0.4) is 0 Å². The van der Waals surface area contributed by atoms with E-state index < -0.39 is 10.0 Å². The first-order valence-electron chi connectivity index (χ1n) is 9.37. The first-order valence-corrected chi connectivity index (χ1v) is 11.0. The Kier molecular flexibility index (Phi) is 4.26. The highest BCUT2D eigenvalue weighted by Crippen LogP contribution is 2.49. The van der Waals surface area contributed by atoms with Gasteiger partial charge < -0.3 is 9.64 Å². The summed E-state index contributed by atoms with van der Waals surface area (Å²) in [7, 11) is -3.32. The Morgan fingerprint density at radius 3 is 2.64 bits per heavy atom. The number of benzene rings is 1. The highest BCUT2D eigenvalue weighted by Gasteiger charge is 2.52. The standard InChI is InChI=1S/C19H26N2O3S/c1-2-3-13-24-17-6-4-15(5-7-17)19-10-8-16(9-11-19)21-12-14-25(22,23)20-18(19)21/h4-7,16H,2-3,8-14H2,1H3. The average Bonchev–Trinajstić information content (AvgIpc) is 2.62. The first-order chi connectivity index (χ1) is 12.0. The molecule has 136 valence electrons. The van der Waals surface area contributed by atoms with Gasteiger partial charge in [0.25, 0.3) is 10.0 Å². The monoisotopic (exact) mass is 362 g/mol. The number of hydrogen-bond acceptors (Lipinski definition) is 4. The zero-order chi connectivity index (χ0) is 17.5. The Morgan fingerprint density at radius 2 is 1.96 bits per heavy atom. The maximum absolute atomic E-state index is 12.1. The summed E-state index contributed by atoms with van der Waals surface area (Å²) in [5.41, 5.74) is 0.929. The molecule has 0 atom stereocenters. The molecule has 5 rings (SSSR count). The summed E-state index contributed by atoms with van der Waals surface area (Å²) in [5, 5.41) is 0. The molecule has 0 spiro atoms. The number of piperidine rings is 2. The van der Waals surface area contributed by atoms with Crippen molar-refractivity contribution in [2.75, 3.05) is 18.9 Å². The second-order valence-corrected chi connectivity index (χ2v) is 9.19. The zero-order valence-electron chi connectivity index (χ0n) is 14.8. The predicted octanol–water partition coefficient (Wildman–Crippen LogP) is 3.10. The van der Waals surface area contributed by atoms with Gasteiger partial charge in [-0.1, -0.05) is 25.5 Å². The van der Waals surface area contributed by atoms with E-state index in [0.29, 0.717) is 12.6 Å². The predicted molar refractivity (Wildman–Crippen MR) is 98.7 cm³/mol. The van der Waals surface area contributed by atoms with E-state index in [4.69, 9.17) is 4.74 Å². The topological polar surface area (TPSA) is 59.0 Å². The third-order valence-electron chi connectivity index (χ3n) is 5.94. The van der Waals surface area contributed by atoms with E-state index in [1.807, 2.05) is 12.1 Å². The van der Waals surface area contributed by atoms with Crippen molar-refractivity contribution in [3.63, 3.8) is 0 Å².